The Balaban J connectivity index is 1.18. The number of amides is 1. The van der Waals surface area contributed by atoms with E-state index in [1.54, 1.807) is 13.1 Å². The molecule has 2 heterocycles. The number of benzene rings is 2. The van der Waals surface area contributed by atoms with Crippen molar-refractivity contribution in [1.29, 1.82) is 0 Å². The Kier molecular flexibility index (Phi) is 9.64. The molecule has 2 saturated carbocycles. The summed E-state index contributed by atoms with van der Waals surface area (Å²) < 4.78 is 38.9. The number of aryl methyl sites for hydroxylation is 1. The lowest BCUT2D eigenvalue weighted by molar-refractivity contribution is -0.128. The first kappa shape index (κ1) is 32.4. The molecule has 1 unspecified atom stereocenters. The number of aliphatic hydroxyl groups excluding tert-OH is 1. The third-order valence-electron chi connectivity index (χ3n) is 9.13. The number of hydrogen-bond acceptors (Lipinski definition) is 6. The van der Waals surface area contributed by atoms with Gasteiger partial charge in [0.15, 0.2) is 11.6 Å². The summed E-state index contributed by atoms with van der Waals surface area (Å²) in [6.07, 6.45) is 6.44. The van der Waals surface area contributed by atoms with E-state index in [0.29, 0.717) is 31.8 Å². The van der Waals surface area contributed by atoms with Crippen molar-refractivity contribution < 1.29 is 28.2 Å². The normalized spacial score (nSPS) is 17.6. The number of ether oxygens (including phenoxy) is 2. The molecule has 1 spiro atoms. The van der Waals surface area contributed by atoms with Gasteiger partial charge in [0.25, 0.3) is 5.91 Å². The van der Waals surface area contributed by atoms with E-state index in [1.165, 1.54) is 0 Å². The Bertz CT molecular complexity index is 1620. The van der Waals surface area contributed by atoms with E-state index in [-0.39, 0.29) is 41.3 Å². The van der Waals surface area contributed by atoms with Crippen molar-refractivity contribution in [3.05, 3.63) is 93.1 Å². The minimum Gasteiger partial charge on any atom is -0.489 e. The van der Waals surface area contributed by atoms with E-state index >= 15 is 0 Å². The molecule has 0 radical (unpaired) electrons. The summed E-state index contributed by atoms with van der Waals surface area (Å²) in [5.41, 5.74) is 5.98. The van der Waals surface area contributed by atoms with Crippen LogP contribution in [0.5, 0.6) is 11.6 Å². The number of nitrogens with zero attached hydrogens (tertiary/aromatic N) is 2. The van der Waals surface area contributed by atoms with Gasteiger partial charge in [-0.25, -0.2) is 13.8 Å². The van der Waals surface area contributed by atoms with Crippen LogP contribution in [0.15, 0.2) is 54.2 Å². The summed E-state index contributed by atoms with van der Waals surface area (Å²) in [5.74, 6) is -1.11. The molecule has 2 fully saturated rings. The Morgan fingerprint density at radius 1 is 1.13 bits per heavy atom. The van der Waals surface area contributed by atoms with E-state index in [1.807, 2.05) is 17.9 Å². The van der Waals surface area contributed by atoms with Crippen molar-refractivity contribution in [2.75, 3.05) is 26.3 Å². The molecular weight excluding hydrogens is 612 g/mol. The summed E-state index contributed by atoms with van der Waals surface area (Å²) in [7, 11) is 0. The second-order valence-corrected chi connectivity index (χ2v) is 13.2. The summed E-state index contributed by atoms with van der Waals surface area (Å²) in [6.45, 7) is 5.82. The maximum atomic E-state index is 14.4. The Hall–Kier alpha value is -3.53. The van der Waals surface area contributed by atoms with E-state index in [9.17, 15) is 18.7 Å². The van der Waals surface area contributed by atoms with Crippen LogP contribution in [-0.2, 0) is 17.8 Å². The SMILES string of the molecule is Cc1c(CN(C(=O)C2=C(c3ccc(CCCOc4c(F)ccc(F)c4Cl)cc3)C3(CC3)CNC2)C2CC2)ccnc1OCC(C)O. The van der Waals surface area contributed by atoms with Crippen molar-refractivity contribution in [3.63, 3.8) is 0 Å². The van der Waals surface area contributed by atoms with Gasteiger partial charge in [-0.1, -0.05) is 35.9 Å². The van der Waals surface area contributed by atoms with Gasteiger partial charge < -0.3 is 24.8 Å². The minimum absolute atomic E-state index is 0.0311. The van der Waals surface area contributed by atoms with Crippen LogP contribution in [0.1, 0.15) is 61.3 Å². The van der Waals surface area contributed by atoms with Crippen LogP contribution < -0.4 is 14.8 Å². The highest BCUT2D eigenvalue weighted by Crippen LogP contribution is 2.57. The van der Waals surface area contributed by atoms with Crippen molar-refractivity contribution in [2.45, 2.75) is 71.1 Å². The van der Waals surface area contributed by atoms with Gasteiger partial charge in [-0.2, -0.15) is 0 Å². The van der Waals surface area contributed by atoms with Crippen LogP contribution in [0.25, 0.3) is 5.57 Å². The molecular formula is C36H40ClF2N3O4. The molecule has 3 aromatic rings. The van der Waals surface area contributed by atoms with Crippen LogP contribution in [-0.4, -0.2) is 59.3 Å². The summed E-state index contributed by atoms with van der Waals surface area (Å²) in [5, 5.41) is 12.8. The predicted molar refractivity (Wildman–Crippen MR) is 173 cm³/mol. The lowest BCUT2D eigenvalue weighted by Gasteiger charge is -2.33. The Morgan fingerprint density at radius 2 is 1.87 bits per heavy atom. The van der Waals surface area contributed by atoms with Crippen LogP contribution in [0.2, 0.25) is 5.02 Å². The molecule has 0 saturated heterocycles. The molecule has 3 aliphatic rings. The number of aliphatic hydroxyl groups is 1. The molecule has 1 aromatic heterocycles. The zero-order chi connectivity index (χ0) is 32.4. The number of nitrogens with one attached hydrogen (secondary N) is 1. The van der Waals surface area contributed by atoms with Gasteiger partial charge in [0.2, 0.25) is 5.88 Å². The highest BCUT2D eigenvalue weighted by molar-refractivity contribution is 6.32. The van der Waals surface area contributed by atoms with Crippen LogP contribution in [0, 0.1) is 24.0 Å². The average molecular weight is 652 g/mol. The van der Waals surface area contributed by atoms with Crippen molar-refractivity contribution in [3.8, 4) is 11.6 Å². The number of pyridine rings is 1. The monoisotopic (exact) mass is 651 g/mol. The summed E-state index contributed by atoms with van der Waals surface area (Å²) in [4.78, 5) is 20.8. The Labute approximate surface area is 273 Å². The number of carbonyl (C=O) groups is 1. The highest BCUT2D eigenvalue weighted by Gasteiger charge is 2.50. The number of hydrogen-bond donors (Lipinski definition) is 2. The molecule has 244 valence electrons. The molecule has 2 N–H and O–H groups in total. The molecule has 1 amide bonds. The lowest BCUT2D eigenvalue weighted by Crippen LogP contribution is -2.42. The van der Waals surface area contributed by atoms with Crippen LogP contribution >= 0.6 is 11.6 Å². The molecule has 2 aromatic carbocycles. The number of aromatic nitrogens is 1. The number of halogens is 3. The van der Waals surface area contributed by atoms with E-state index in [2.05, 4.69) is 34.6 Å². The smallest absolute Gasteiger partial charge is 0.251 e. The van der Waals surface area contributed by atoms with E-state index in [4.69, 9.17) is 21.1 Å². The first-order chi connectivity index (χ1) is 22.2. The molecule has 1 aliphatic heterocycles. The van der Waals surface area contributed by atoms with Gasteiger partial charge in [-0.05, 0) is 92.8 Å². The lowest BCUT2D eigenvalue weighted by atomic mass is 9.82. The first-order valence-corrected chi connectivity index (χ1v) is 16.4. The van der Waals surface area contributed by atoms with Gasteiger partial charge in [0.05, 0.1) is 12.7 Å². The molecule has 10 heteroatoms. The largest absolute Gasteiger partial charge is 0.489 e. The average Bonchev–Trinajstić information content (AvgIpc) is 3.99. The van der Waals surface area contributed by atoms with Gasteiger partial charge in [0, 0.05) is 48.4 Å². The predicted octanol–water partition coefficient (Wildman–Crippen LogP) is 6.42. The third kappa shape index (κ3) is 7.06. The van der Waals surface area contributed by atoms with Crippen molar-refractivity contribution in [2.24, 2.45) is 5.41 Å². The molecule has 2 aliphatic carbocycles. The number of carbonyl (C=O) groups excluding carboxylic acids is 1. The highest BCUT2D eigenvalue weighted by atomic mass is 35.5. The summed E-state index contributed by atoms with van der Waals surface area (Å²) >= 11 is 5.87. The van der Waals surface area contributed by atoms with Crippen LogP contribution in [0.3, 0.4) is 0 Å². The quantitative estimate of drug-likeness (QED) is 0.164. The zero-order valence-corrected chi connectivity index (χ0v) is 27.0. The van der Waals surface area contributed by atoms with Crippen LogP contribution in [0.4, 0.5) is 8.78 Å². The molecule has 7 nitrogen and oxygen atoms in total. The van der Waals surface area contributed by atoms with Gasteiger partial charge >= 0.3 is 0 Å². The second kappa shape index (κ2) is 13.7. The standard InChI is InChI=1S/C36H40ClF2N3O4/c1-22(43)20-46-34-23(2)26(13-16-41-34)19-42(27-9-10-27)35(44)28-18-40-21-36(14-15-36)31(28)25-7-5-24(6-8-25)4-3-17-45-33-30(39)12-11-29(38)32(33)37/h5-8,11-13,16,22,27,40,43H,3-4,9-10,14-15,17-21H2,1-2H3. The van der Waals surface area contributed by atoms with Crippen molar-refractivity contribution >= 4 is 23.1 Å². The molecule has 1 atom stereocenters. The molecule has 6 rings (SSSR count). The number of rotatable bonds is 13. The maximum Gasteiger partial charge on any atom is 0.251 e. The fraction of sp³-hybridized carbons (Fsp3) is 0.444. The van der Waals surface area contributed by atoms with Gasteiger partial charge in [0.1, 0.15) is 17.4 Å². The Morgan fingerprint density at radius 3 is 2.57 bits per heavy atom. The van der Waals surface area contributed by atoms with Crippen molar-refractivity contribution in [1.82, 2.24) is 15.2 Å². The maximum absolute atomic E-state index is 14.4. The molecule has 46 heavy (non-hydrogen) atoms. The molecule has 0 bridgehead atoms. The minimum atomic E-state index is -0.715. The van der Waals surface area contributed by atoms with E-state index in [0.717, 1.165) is 77.8 Å². The zero-order valence-electron chi connectivity index (χ0n) is 26.3. The second-order valence-electron chi connectivity index (χ2n) is 12.8. The van der Waals surface area contributed by atoms with E-state index < -0.39 is 17.7 Å². The fourth-order valence-corrected chi connectivity index (χ4v) is 6.48. The van der Waals surface area contributed by atoms with Gasteiger partial charge in [-0.15, -0.1) is 0 Å². The fourth-order valence-electron chi connectivity index (χ4n) is 6.27. The summed E-state index contributed by atoms with van der Waals surface area (Å²) in [6, 6.07) is 12.5. The van der Waals surface area contributed by atoms with Gasteiger partial charge in [-0.3, -0.25) is 4.79 Å². The first-order valence-electron chi connectivity index (χ1n) is 16.0. The third-order valence-corrected chi connectivity index (χ3v) is 9.48. The topological polar surface area (TPSA) is 83.9 Å².